The van der Waals surface area contributed by atoms with Gasteiger partial charge in [0.2, 0.25) is 0 Å². The Balaban J connectivity index is 1.94. The van der Waals surface area contributed by atoms with Crippen LogP contribution in [0.1, 0.15) is 26.7 Å². The summed E-state index contributed by atoms with van der Waals surface area (Å²) < 4.78 is 0. The summed E-state index contributed by atoms with van der Waals surface area (Å²) in [6.07, 6.45) is 0.465. The molecule has 1 aliphatic rings. The first-order valence-electron chi connectivity index (χ1n) is 8.81. The number of carbonyl (C=O) groups is 3. The monoisotopic (exact) mass is 350 g/mol. The van der Waals surface area contributed by atoms with Crippen LogP contribution in [0, 0.1) is 11.8 Å². The Labute approximate surface area is 153 Å². The van der Waals surface area contributed by atoms with Crippen LogP contribution in [0.2, 0.25) is 0 Å². The summed E-state index contributed by atoms with van der Waals surface area (Å²) in [5.41, 5.74) is 1.26. The van der Waals surface area contributed by atoms with Crippen molar-refractivity contribution in [3.05, 3.63) is 60.7 Å². The molecule has 1 aliphatic heterocycles. The Morgan fingerprint density at radius 1 is 0.846 bits per heavy atom. The quantitative estimate of drug-likeness (QED) is 0.748. The van der Waals surface area contributed by atoms with E-state index in [1.165, 1.54) is 10.0 Å². The van der Waals surface area contributed by atoms with Crippen molar-refractivity contribution < 1.29 is 14.4 Å². The van der Waals surface area contributed by atoms with Crippen LogP contribution in [0.3, 0.4) is 0 Å². The normalized spacial score (nSPS) is 15.2. The smallest absolute Gasteiger partial charge is 0.258 e. The van der Waals surface area contributed by atoms with Gasteiger partial charge in [0.1, 0.15) is 11.7 Å². The fraction of sp³-hybridized carbons (Fsp3) is 0.286. The van der Waals surface area contributed by atoms with E-state index < -0.39 is 5.92 Å². The van der Waals surface area contributed by atoms with Gasteiger partial charge in [0.15, 0.2) is 0 Å². The van der Waals surface area contributed by atoms with Crippen LogP contribution < -0.4 is 10.0 Å². The molecular weight excluding hydrogens is 328 g/mol. The molecule has 3 rings (SSSR count). The topological polar surface area (TPSA) is 57.7 Å². The maximum Gasteiger partial charge on any atom is 0.258 e. The number of nitrogens with zero attached hydrogens (tertiary/aromatic N) is 2. The van der Waals surface area contributed by atoms with E-state index in [0.717, 1.165) is 0 Å². The van der Waals surface area contributed by atoms with Gasteiger partial charge in [-0.3, -0.25) is 14.4 Å². The number of amides is 2. The molecule has 0 bridgehead atoms. The molecule has 1 fully saturated rings. The molecule has 2 aromatic rings. The minimum atomic E-state index is -0.835. The number of hydrazine groups is 1. The standard InChI is InChI=1S/C21H22N2O3/c1-15(2)19(24)14-13-18-20(25)22(16-9-5-3-6-10-16)23(21(18)26)17-11-7-4-8-12-17/h3-12,15,18H,13-14H2,1-2H3. The highest BCUT2D eigenvalue weighted by Crippen LogP contribution is 2.33. The van der Waals surface area contributed by atoms with Gasteiger partial charge in [0, 0.05) is 12.3 Å². The van der Waals surface area contributed by atoms with Gasteiger partial charge in [0.05, 0.1) is 11.4 Å². The zero-order valence-electron chi connectivity index (χ0n) is 15.0. The molecule has 134 valence electrons. The van der Waals surface area contributed by atoms with Gasteiger partial charge >= 0.3 is 0 Å². The third kappa shape index (κ3) is 3.38. The van der Waals surface area contributed by atoms with Crippen molar-refractivity contribution in [1.82, 2.24) is 0 Å². The number of hydrogen-bond donors (Lipinski definition) is 0. The number of benzene rings is 2. The fourth-order valence-corrected chi connectivity index (χ4v) is 3.04. The summed E-state index contributed by atoms with van der Waals surface area (Å²) in [5, 5.41) is 2.84. The molecule has 0 aliphatic carbocycles. The van der Waals surface area contributed by atoms with Crippen LogP contribution in [0.5, 0.6) is 0 Å². The fourth-order valence-electron chi connectivity index (χ4n) is 3.04. The zero-order chi connectivity index (χ0) is 18.7. The number of Topliss-reactive ketones (excluding diaryl/α,β-unsaturated/α-hetero) is 1. The molecule has 1 heterocycles. The van der Waals surface area contributed by atoms with Crippen LogP contribution >= 0.6 is 0 Å². The lowest BCUT2D eigenvalue weighted by Crippen LogP contribution is -2.41. The number of para-hydroxylation sites is 2. The van der Waals surface area contributed by atoms with Crippen molar-refractivity contribution in [3.63, 3.8) is 0 Å². The lowest BCUT2D eigenvalue weighted by molar-refractivity contribution is -0.127. The van der Waals surface area contributed by atoms with E-state index in [9.17, 15) is 14.4 Å². The van der Waals surface area contributed by atoms with Crippen molar-refractivity contribution in [1.29, 1.82) is 0 Å². The zero-order valence-corrected chi connectivity index (χ0v) is 15.0. The van der Waals surface area contributed by atoms with E-state index in [4.69, 9.17) is 0 Å². The molecule has 0 radical (unpaired) electrons. The van der Waals surface area contributed by atoms with Crippen LogP contribution in [0.25, 0.3) is 0 Å². The summed E-state index contributed by atoms with van der Waals surface area (Å²) in [4.78, 5) is 38.0. The van der Waals surface area contributed by atoms with Gasteiger partial charge in [0.25, 0.3) is 11.8 Å². The summed E-state index contributed by atoms with van der Waals surface area (Å²) in [7, 11) is 0. The minimum absolute atomic E-state index is 0.0648. The Morgan fingerprint density at radius 2 is 1.27 bits per heavy atom. The molecule has 0 spiro atoms. The van der Waals surface area contributed by atoms with Crippen LogP contribution in [-0.2, 0) is 14.4 Å². The summed E-state index contributed by atoms with van der Waals surface area (Å²) in [6.45, 7) is 3.65. The molecular formula is C21H22N2O3. The highest BCUT2D eigenvalue weighted by atomic mass is 16.2. The molecule has 0 saturated carbocycles. The SMILES string of the molecule is CC(C)C(=O)CCC1C(=O)N(c2ccccc2)N(c2ccccc2)C1=O. The molecule has 2 aromatic carbocycles. The van der Waals surface area contributed by atoms with Gasteiger partial charge in [-0.05, 0) is 30.7 Å². The molecule has 26 heavy (non-hydrogen) atoms. The average Bonchev–Trinajstić information content (AvgIpc) is 2.91. The molecule has 0 atom stereocenters. The first-order valence-corrected chi connectivity index (χ1v) is 8.81. The molecule has 1 saturated heterocycles. The Kier molecular flexibility index (Phi) is 5.16. The predicted molar refractivity (Wildman–Crippen MR) is 100 cm³/mol. The highest BCUT2D eigenvalue weighted by molar-refractivity contribution is 6.23. The number of rotatable bonds is 6. The van der Waals surface area contributed by atoms with Crippen molar-refractivity contribution in [2.75, 3.05) is 10.0 Å². The average molecular weight is 350 g/mol. The third-order valence-electron chi connectivity index (χ3n) is 4.54. The number of anilines is 2. The van der Waals surface area contributed by atoms with Crippen molar-refractivity contribution in [2.45, 2.75) is 26.7 Å². The van der Waals surface area contributed by atoms with E-state index in [-0.39, 0.29) is 36.4 Å². The molecule has 5 heteroatoms. The maximum absolute atomic E-state index is 13.0. The van der Waals surface area contributed by atoms with Crippen LogP contribution in [0.15, 0.2) is 60.7 Å². The van der Waals surface area contributed by atoms with E-state index in [1.54, 1.807) is 24.3 Å². The highest BCUT2D eigenvalue weighted by Gasteiger charge is 2.46. The van der Waals surface area contributed by atoms with E-state index in [2.05, 4.69) is 0 Å². The number of ketones is 1. The lowest BCUT2D eigenvalue weighted by atomic mass is 9.96. The summed E-state index contributed by atoms with van der Waals surface area (Å²) >= 11 is 0. The molecule has 0 unspecified atom stereocenters. The van der Waals surface area contributed by atoms with Gasteiger partial charge in [-0.25, -0.2) is 10.0 Å². The van der Waals surface area contributed by atoms with E-state index in [1.807, 2.05) is 50.2 Å². The summed E-state index contributed by atoms with van der Waals surface area (Å²) in [6, 6.07) is 18.2. The Hall–Kier alpha value is -2.95. The van der Waals surface area contributed by atoms with Gasteiger partial charge in [-0.1, -0.05) is 50.2 Å². The second-order valence-electron chi connectivity index (χ2n) is 6.68. The largest absolute Gasteiger partial charge is 0.299 e. The molecule has 0 N–H and O–H groups in total. The molecule has 5 nitrogen and oxygen atoms in total. The van der Waals surface area contributed by atoms with Crippen molar-refractivity contribution in [3.8, 4) is 0 Å². The number of hydrogen-bond acceptors (Lipinski definition) is 3. The lowest BCUT2D eigenvalue weighted by Gasteiger charge is -2.27. The Morgan fingerprint density at radius 3 is 1.65 bits per heavy atom. The van der Waals surface area contributed by atoms with Crippen LogP contribution in [0.4, 0.5) is 11.4 Å². The van der Waals surface area contributed by atoms with Gasteiger partial charge < -0.3 is 0 Å². The second kappa shape index (κ2) is 7.52. The Bertz CT molecular complexity index is 745. The van der Waals surface area contributed by atoms with Crippen LogP contribution in [-0.4, -0.2) is 17.6 Å². The predicted octanol–water partition coefficient (Wildman–Crippen LogP) is 3.60. The number of carbonyl (C=O) groups excluding carboxylic acids is 3. The summed E-state index contributed by atoms with van der Waals surface area (Å²) in [5.74, 6) is -1.45. The van der Waals surface area contributed by atoms with Crippen molar-refractivity contribution >= 4 is 29.0 Å². The maximum atomic E-state index is 13.0. The van der Waals surface area contributed by atoms with Crippen molar-refractivity contribution in [2.24, 2.45) is 11.8 Å². The molecule has 0 aromatic heterocycles. The minimum Gasteiger partial charge on any atom is -0.299 e. The first kappa shape index (κ1) is 17.9. The first-order chi connectivity index (χ1) is 12.5. The van der Waals surface area contributed by atoms with Gasteiger partial charge in [-0.15, -0.1) is 0 Å². The second-order valence-corrected chi connectivity index (χ2v) is 6.68. The van der Waals surface area contributed by atoms with E-state index >= 15 is 0 Å². The third-order valence-corrected chi connectivity index (χ3v) is 4.54. The van der Waals surface area contributed by atoms with Gasteiger partial charge in [-0.2, -0.15) is 0 Å². The van der Waals surface area contributed by atoms with E-state index in [0.29, 0.717) is 11.4 Å². The molecule has 2 amide bonds.